The molecule has 7 nitrogen and oxygen atoms in total. The number of carbonyl (C=O) groups is 3. The van der Waals surface area contributed by atoms with E-state index in [-0.39, 0.29) is 18.9 Å². The Hall–Kier alpha value is -1.79. The van der Waals surface area contributed by atoms with E-state index in [0.29, 0.717) is 6.54 Å². The molecule has 122 valence electrons. The molecule has 0 saturated heterocycles. The van der Waals surface area contributed by atoms with Crippen LogP contribution in [0.2, 0.25) is 0 Å². The summed E-state index contributed by atoms with van der Waals surface area (Å²) in [6, 6.07) is -1.01. The lowest BCUT2D eigenvalue weighted by molar-refractivity contribution is -0.138. The Balaban J connectivity index is 4.97. The number of nitrogens with zero attached hydrogens (tertiary/aromatic N) is 1. The number of primary amides is 1. The number of amides is 3. The average Bonchev–Trinajstić information content (AvgIpc) is 2.23. The molecule has 0 aliphatic rings. The summed E-state index contributed by atoms with van der Waals surface area (Å²) in [6.07, 6.45) is -0.179. The van der Waals surface area contributed by atoms with E-state index in [1.54, 1.807) is 0 Å². The van der Waals surface area contributed by atoms with Crippen molar-refractivity contribution in [3.05, 3.63) is 0 Å². The highest BCUT2D eigenvalue weighted by atomic mass is 16.4. The predicted octanol–water partition coefficient (Wildman–Crippen LogP) is 1.03. The summed E-state index contributed by atoms with van der Waals surface area (Å²) < 4.78 is 0. The van der Waals surface area contributed by atoms with Gasteiger partial charge >= 0.3 is 12.0 Å². The van der Waals surface area contributed by atoms with Gasteiger partial charge < -0.3 is 21.1 Å². The molecule has 0 aromatic heterocycles. The van der Waals surface area contributed by atoms with Crippen molar-refractivity contribution in [1.29, 1.82) is 0 Å². The van der Waals surface area contributed by atoms with Gasteiger partial charge in [-0.15, -0.1) is 0 Å². The number of rotatable bonds is 7. The maximum Gasteiger partial charge on any atom is 0.318 e. The third-order valence-electron chi connectivity index (χ3n) is 2.94. The molecule has 0 fully saturated rings. The number of carboxylic acid groups (broad SMARTS) is 1. The molecule has 0 radical (unpaired) electrons. The summed E-state index contributed by atoms with van der Waals surface area (Å²) in [5.74, 6) is -1.42. The van der Waals surface area contributed by atoms with E-state index < -0.39 is 29.4 Å². The summed E-state index contributed by atoms with van der Waals surface area (Å²) in [4.78, 5) is 35.6. The molecule has 21 heavy (non-hydrogen) atoms. The number of hydrogen-bond donors (Lipinski definition) is 3. The van der Waals surface area contributed by atoms with Crippen molar-refractivity contribution in [2.24, 2.45) is 17.1 Å². The number of carboxylic acids is 1. The second kappa shape index (κ2) is 7.85. The van der Waals surface area contributed by atoms with E-state index in [0.717, 1.165) is 0 Å². The van der Waals surface area contributed by atoms with Gasteiger partial charge in [-0.3, -0.25) is 9.59 Å². The zero-order valence-electron chi connectivity index (χ0n) is 13.5. The SMILES string of the molecule is CC(C)CN(CC(N)=O)C(=O)NC(CC(=O)O)C(C)(C)C. The number of aliphatic carboxylic acids is 1. The lowest BCUT2D eigenvalue weighted by atomic mass is 9.85. The highest BCUT2D eigenvalue weighted by molar-refractivity contribution is 5.83. The summed E-state index contributed by atoms with van der Waals surface area (Å²) in [5, 5.41) is 11.6. The first kappa shape index (κ1) is 19.2. The van der Waals surface area contributed by atoms with E-state index >= 15 is 0 Å². The van der Waals surface area contributed by atoms with Crippen molar-refractivity contribution in [2.45, 2.75) is 47.1 Å². The Morgan fingerprint density at radius 3 is 2.10 bits per heavy atom. The number of nitrogens with one attached hydrogen (secondary N) is 1. The standard InChI is InChI=1S/C14H27N3O4/c1-9(2)7-17(8-11(15)18)13(21)16-10(6-12(19)20)14(3,4)5/h9-10H,6-8H2,1-5H3,(H2,15,18)(H,16,21)(H,19,20). The quantitative estimate of drug-likeness (QED) is 0.651. The Bertz CT molecular complexity index is 388. The maximum atomic E-state index is 12.3. The van der Waals surface area contributed by atoms with Crippen LogP contribution in [0.4, 0.5) is 4.79 Å². The summed E-state index contributed by atoms with van der Waals surface area (Å²) in [7, 11) is 0. The molecule has 1 atom stereocenters. The molecule has 0 aliphatic heterocycles. The largest absolute Gasteiger partial charge is 0.481 e. The van der Waals surface area contributed by atoms with Gasteiger partial charge in [0.2, 0.25) is 5.91 Å². The van der Waals surface area contributed by atoms with Crippen LogP contribution in [0.25, 0.3) is 0 Å². The minimum atomic E-state index is -0.986. The minimum Gasteiger partial charge on any atom is -0.481 e. The zero-order valence-corrected chi connectivity index (χ0v) is 13.5. The van der Waals surface area contributed by atoms with Crippen LogP contribution >= 0.6 is 0 Å². The number of urea groups is 1. The van der Waals surface area contributed by atoms with Crippen LogP contribution in [-0.2, 0) is 9.59 Å². The van der Waals surface area contributed by atoms with Gasteiger partial charge in [0.1, 0.15) is 6.54 Å². The number of hydrogen-bond acceptors (Lipinski definition) is 3. The molecule has 0 heterocycles. The van der Waals surface area contributed by atoms with Crippen molar-refractivity contribution in [3.8, 4) is 0 Å². The molecule has 1 unspecified atom stereocenters. The Kier molecular flexibility index (Phi) is 7.18. The first-order valence-corrected chi connectivity index (χ1v) is 6.99. The molecule has 0 bridgehead atoms. The van der Waals surface area contributed by atoms with Gasteiger partial charge in [-0.1, -0.05) is 34.6 Å². The maximum absolute atomic E-state index is 12.3. The highest BCUT2D eigenvalue weighted by Crippen LogP contribution is 2.22. The van der Waals surface area contributed by atoms with Crippen LogP contribution in [0, 0.1) is 11.3 Å². The third kappa shape index (κ3) is 8.16. The third-order valence-corrected chi connectivity index (χ3v) is 2.94. The topological polar surface area (TPSA) is 113 Å². The first-order valence-electron chi connectivity index (χ1n) is 6.99. The van der Waals surface area contributed by atoms with Gasteiger partial charge in [0, 0.05) is 12.6 Å². The molecular weight excluding hydrogens is 274 g/mol. The Labute approximate surface area is 125 Å². The molecule has 7 heteroatoms. The van der Waals surface area contributed by atoms with Crippen molar-refractivity contribution < 1.29 is 19.5 Å². The summed E-state index contributed by atoms with van der Waals surface area (Å²) >= 11 is 0. The predicted molar refractivity (Wildman–Crippen MR) is 79.6 cm³/mol. The molecule has 0 rings (SSSR count). The second-order valence-electron chi connectivity index (χ2n) is 6.71. The van der Waals surface area contributed by atoms with Gasteiger partial charge in [-0.05, 0) is 11.3 Å². The van der Waals surface area contributed by atoms with Crippen LogP contribution in [-0.4, -0.2) is 47.0 Å². The zero-order chi connectivity index (χ0) is 16.8. The normalized spacial score (nSPS) is 12.9. The van der Waals surface area contributed by atoms with Gasteiger partial charge in [0.15, 0.2) is 0 Å². The van der Waals surface area contributed by atoms with Crippen LogP contribution < -0.4 is 11.1 Å². The lowest BCUT2D eigenvalue weighted by Gasteiger charge is -2.33. The fourth-order valence-electron chi connectivity index (χ4n) is 1.84. The number of carbonyl (C=O) groups excluding carboxylic acids is 2. The average molecular weight is 301 g/mol. The lowest BCUT2D eigenvalue weighted by Crippen LogP contribution is -2.52. The number of nitrogens with two attached hydrogens (primary N) is 1. The first-order chi connectivity index (χ1) is 9.43. The van der Waals surface area contributed by atoms with E-state index in [1.807, 2.05) is 34.6 Å². The van der Waals surface area contributed by atoms with Crippen LogP contribution in [0.5, 0.6) is 0 Å². The molecule has 3 amide bonds. The minimum absolute atomic E-state index is 0.169. The molecule has 0 saturated carbocycles. The molecule has 0 aliphatic carbocycles. The van der Waals surface area contributed by atoms with Crippen LogP contribution in [0.1, 0.15) is 41.0 Å². The van der Waals surface area contributed by atoms with E-state index in [2.05, 4.69) is 5.32 Å². The molecular formula is C14H27N3O4. The van der Waals surface area contributed by atoms with Crippen molar-refractivity contribution in [3.63, 3.8) is 0 Å². The summed E-state index contributed by atoms with van der Waals surface area (Å²) in [5.41, 5.74) is 4.74. The van der Waals surface area contributed by atoms with E-state index in [9.17, 15) is 14.4 Å². The van der Waals surface area contributed by atoms with E-state index in [4.69, 9.17) is 10.8 Å². The fraction of sp³-hybridized carbons (Fsp3) is 0.786. The Morgan fingerprint density at radius 1 is 1.24 bits per heavy atom. The Morgan fingerprint density at radius 2 is 1.76 bits per heavy atom. The summed E-state index contributed by atoms with van der Waals surface area (Å²) in [6.45, 7) is 9.57. The monoisotopic (exact) mass is 301 g/mol. The van der Waals surface area contributed by atoms with E-state index in [1.165, 1.54) is 4.90 Å². The molecule has 4 N–H and O–H groups in total. The van der Waals surface area contributed by atoms with Gasteiger partial charge in [0.25, 0.3) is 0 Å². The van der Waals surface area contributed by atoms with Gasteiger partial charge in [-0.2, -0.15) is 0 Å². The van der Waals surface area contributed by atoms with Gasteiger partial charge in [-0.25, -0.2) is 4.79 Å². The van der Waals surface area contributed by atoms with Crippen molar-refractivity contribution in [1.82, 2.24) is 10.2 Å². The van der Waals surface area contributed by atoms with Crippen LogP contribution in [0.3, 0.4) is 0 Å². The van der Waals surface area contributed by atoms with Crippen molar-refractivity contribution in [2.75, 3.05) is 13.1 Å². The van der Waals surface area contributed by atoms with Crippen LogP contribution in [0.15, 0.2) is 0 Å². The second-order valence-corrected chi connectivity index (χ2v) is 6.71. The van der Waals surface area contributed by atoms with Crippen molar-refractivity contribution >= 4 is 17.9 Å². The fourth-order valence-corrected chi connectivity index (χ4v) is 1.84. The highest BCUT2D eigenvalue weighted by Gasteiger charge is 2.30. The molecule has 0 spiro atoms. The molecule has 0 aromatic rings. The van der Waals surface area contributed by atoms with Gasteiger partial charge in [0.05, 0.1) is 6.42 Å². The molecule has 0 aromatic carbocycles. The smallest absolute Gasteiger partial charge is 0.318 e.